The van der Waals surface area contributed by atoms with Crippen LogP contribution in [-0.4, -0.2) is 81.7 Å². The van der Waals surface area contributed by atoms with Gasteiger partial charge >= 0.3 is 0 Å². The molecule has 0 radical (unpaired) electrons. The molecule has 2 amide bonds. The number of carboxylic acid groups (broad SMARTS) is 1. The molecular formula is C30H44N3O6-. The van der Waals surface area contributed by atoms with Gasteiger partial charge in [-0.2, -0.15) is 0 Å². The minimum Gasteiger partial charge on any atom is -0.530 e. The van der Waals surface area contributed by atoms with Gasteiger partial charge in [-0.25, -0.2) is 0 Å². The molecule has 216 valence electrons. The van der Waals surface area contributed by atoms with Crippen LogP contribution in [0.25, 0.3) is 0 Å². The van der Waals surface area contributed by atoms with Crippen LogP contribution in [0, 0.1) is 5.41 Å². The third kappa shape index (κ3) is 9.93. The van der Waals surface area contributed by atoms with Crippen molar-refractivity contribution in [3.8, 4) is 0 Å². The lowest BCUT2D eigenvalue weighted by molar-refractivity contribution is -0.275. The number of carbonyl (C=O) groups excluding carboxylic acids is 2. The molecule has 9 heteroatoms. The van der Waals surface area contributed by atoms with Crippen LogP contribution in [-0.2, 0) is 17.6 Å². The topological polar surface area (TPSA) is 145 Å². The number of nitrogens with zero attached hydrogens (tertiary/aromatic N) is 1. The Morgan fingerprint density at radius 3 is 1.79 bits per heavy atom. The summed E-state index contributed by atoms with van der Waals surface area (Å²) < 4.78 is 0. The van der Waals surface area contributed by atoms with Crippen molar-refractivity contribution < 1.29 is 30.0 Å². The molecular weight excluding hydrogens is 498 g/mol. The largest absolute Gasteiger partial charge is 0.530 e. The Morgan fingerprint density at radius 1 is 0.846 bits per heavy atom. The molecule has 9 nitrogen and oxygen atoms in total. The molecule has 5 N–H and O–H groups in total. The Balaban J connectivity index is 2.15. The van der Waals surface area contributed by atoms with Gasteiger partial charge in [0, 0.05) is 18.6 Å². The summed E-state index contributed by atoms with van der Waals surface area (Å²) in [5, 5.41) is 49.8. The SMILES string of the molecule is CC(C)(CO)C(=O)N[C@@H](Cc1ccccc1)[C@H](O)CNC[C@@H](O)[C@H](Cc1ccccc1)N(C(=O)[O-])C(C)(C)C. The quantitative estimate of drug-likeness (QED) is 0.240. The molecule has 2 aromatic rings. The molecule has 0 bridgehead atoms. The third-order valence-electron chi connectivity index (χ3n) is 6.78. The molecule has 0 fully saturated rings. The third-order valence-corrected chi connectivity index (χ3v) is 6.78. The molecule has 0 saturated heterocycles. The summed E-state index contributed by atoms with van der Waals surface area (Å²) >= 11 is 0. The zero-order valence-electron chi connectivity index (χ0n) is 23.6. The summed E-state index contributed by atoms with van der Waals surface area (Å²) in [7, 11) is 0. The number of amides is 2. The zero-order valence-corrected chi connectivity index (χ0v) is 23.6. The Bertz CT molecular complexity index is 1030. The first-order valence-corrected chi connectivity index (χ1v) is 13.3. The number of carbonyl (C=O) groups is 2. The van der Waals surface area contributed by atoms with E-state index in [1.165, 1.54) is 0 Å². The van der Waals surface area contributed by atoms with E-state index in [0.717, 1.165) is 16.0 Å². The first kappa shape index (κ1) is 32.2. The monoisotopic (exact) mass is 542 g/mol. The summed E-state index contributed by atoms with van der Waals surface area (Å²) in [5.41, 5.74) is -0.0521. The number of aliphatic hydroxyl groups excluding tert-OH is 3. The lowest BCUT2D eigenvalue weighted by Crippen LogP contribution is -2.62. The Labute approximate surface area is 231 Å². The van der Waals surface area contributed by atoms with Crippen LogP contribution in [0.4, 0.5) is 4.79 Å². The normalized spacial score (nSPS) is 15.2. The maximum atomic E-state index is 12.8. The van der Waals surface area contributed by atoms with E-state index in [-0.39, 0.29) is 32.0 Å². The van der Waals surface area contributed by atoms with Crippen LogP contribution >= 0.6 is 0 Å². The molecule has 4 atom stereocenters. The van der Waals surface area contributed by atoms with Crippen molar-refractivity contribution >= 4 is 12.0 Å². The summed E-state index contributed by atoms with van der Waals surface area (Å²) in [6.07, 6.45) is -2.87. The van der Waals surface area contributed by atoms with Gasteiger partial charge in [0.15, 0.2) is 0 Å². The standard InChI is InChI=1S/C30H45N3O6/c1-29(2,3)33(28(38)39)24(17-22-14-10-7-11-15-22)26(36)19-31-18-25(35)23(16-21-12-8-6-9-13-21)32-27(37)30(4,5)20-34/h6-15,23-26,31,34-36H,16-20H2,1-5H3,(H,32,37)(H,38,39)/p-1/t23-,24-,25+,26+/m0/s1. The highest BCUT2D eigenvalue weighted by atomic mass is 16.4. The van der Waals surface area contributed by atoms with E-state index in [0.29, 0.717) is 6.42 Å². The van der Waals surface area contributed by atoms with Gasteiger partial charge in [-0.05, 0) is 58.6 Å². The van der Waals surface area contributed by atoms with Crippen LogP contribution in [0.3, 0.4) is 0 Å². The fraction of sp³-hybridized carbons (Fsp3) is 0.533. The molecule has 0 aromatic heterocycles. The minimum atomic E-state index is -1.38. The molecule has 0 aliphatic carbocycles. The fourth-order valence-corrected chi connectivity index (χ4v) is 4.41. The molecule has 2 rings (SSSR count). The molecule has 0 aliphatic heterocycles. The van der Waals surface area contributed by atoms with Crippen LogP contribution in [0.1, 0.15) is 45.7 Å². The van der Waals surface area contributed by atoms with Gasteiger partial charge in [0.2, 0.25) is 5.91 Å². The van der Waals surface area contributed by atoms with Gasteiger partial charge in [-0.15, -0.1) is 0 Å². The molecule has 2 aromatic carbocycles. The lowest BCUT2D eigenvalue weighted by Gasteiger charge is -2.45. The van der Waals surface area contributed by atoms with E-state index >= 15 is 0 Å². The van der Waals surface area contributed by atoms with Crippen molar-refractivity contribution in [3.05, 3.63) is 71.8 Å². The van der Waals surface area contributed by atoms with Gasteiger partial charge in [0.25, 0.3) is 0 Å². The number of nitrogens with one attached hydrogen (secondary N) is 2. The summed E-state index contributed by atoms with van der Waals surface area (Å²) in [6, 6.07) is 17.3. The molecule has 0 heterocycles. The Morgan fingerprint density at radius 2 is 1.33 bits per heavy atom. The van der Waals surface area contributed by atoms with Crippen molar-refractivity contribution in [1.82, 2.24) is 15.5 Å². The number of aliphatic hydroxyl groups is 3. The number of benzene rings is 2. The predicted octanol–water partition coefficient (Wildman–Crippen LogP) is 1.10. The minimum absolute atomic E-state index is 0.00254. The van der Waals surface area contributed by atoms with Crippen molar-refractivity contribution in [2.45, 2.75) is 77.3 Å². The van der Waals surface area contributed by atoms with Gasteiger partial charge in [0.1, 0.15) is 6.09 Å². The van der Waals surface area contributed by atoms with Gasteiger partial charge < -0.3 is 40.8 Å². The fourth-order valence-electron chi connectivity index (χ4n) is 4.41. The van der Waals surface area contributed by atoms with Crippen LogP contribution in [0.5, 0.6) is 0 Å². The van der Waals surface area contributed by atoms with E-state index in [2.05, 4.69) is 10.6 Å². The molecule has 39 heavy (non-hydrogen) atoms. The maximum Gasteiger partial charge on any atom is 0.228 e. The number of rotatable bonds is 14. The second-order valence-corrected chi connectivity index (χ2v) is 11.7. The smallest absolute Gasteiger partial charge is 0.228 e. The molecule has 0 spiro atoms. The van der Waals surface area contributed by atoms with Crippen LogP contribution < -0.4 is 15.7 Å². The van der Waals surface area contributed by atoms with Crippen LogP contribution in [0.2, 0.25) is 0 Å². The second kappa shape index (κ2) is 14.4. The highest BCUT2D eigenvalue weighted by molar-refractivity contribution is 5.82. The lowest BCUT2D eigenvalue weighted by atomic mass is 9.92. The van der Waals surface area contributed by atoms with Crippen molar-refractivity contribution in [1.29, 1.82) is 0 Å². The van der Waals surface area contributed by atoms with E-state index < -0.39 is 41.3 Å². The highest BCUT2D eigenvalue weighted by Gasteiger charge is 2.34. The Kier molecular flexibility index (Phi) is 11.9. The first-order valence-electron chi connectivity index (χ1n) is 13.3. The van der Waals surface area contributed by atoms with Crippen molar-refractivity contribution in [3.63, 3.8) is 0 Å². The van der Waals surface area contributed by atoms with E-state index in [9.17, 15) is 30.0 Å². The molecule has 0 aliphatic rings. The zero-order chi connectivity index (χ0) is 29.2. The van der Waals surface area contributed by atoms with Gasteiger partial charge in [-0.1, -0.05) is 60.7 Å². The van der Waals surface area contributed by atoms with Gasteiger partial charge in [-0.3, -0.25) is 4.79 Å². The van der Waals surface area contributed by atoms with Crippen LogP contribution in [0.15, 0.2) is 60.7 Å². The Hall–Kier alpha value is -2.98. The molecule has 0 saturated carbocycles. The number of hydrogen-bond donors (Lipinski definition) is 5. The summed E-state index contributed by atoms with van der Waals surface area (Å²) in [5.74, 6) is -0.386. The van der Waals surface area contributed by atoms with E-state index in [1.54, 1.807) is 34.6 Å². The van der Waals surface area contributed by atoms with Crippen molar-refractivity contribution in [2.75, 3.05) is 19.7 Å². The number of hydrogen-bond acceptors (Lipinski definition) is 7. The maximum absolute atomic E-state index is 12.8. The first-order chi connectivity index (χ1) is 18.3. The van der Waals surface area contributed by atoms with Crippen molar-refractivity contribution in [2.24, 2.45) is 5.41 Å². The molecule has 0 unspecified atom stereocenters. The van der Waals surface area contributed by atoms with E-state index in [1.807, 2.05) is 60.7 Å². The summed E-state index contributed by atoms with van der Waals surface area (Å²) in [6.45, 7) is 8.17. The van der Waals surface area contributed by atoms with E-state index in [4.69, 9.17) is 0 Å². The van der Waals surface area contributed by atoms with Gasteiger partial charge in [0.05, 0.1) is 36.3 Å². The predicted molar refractivity (Wildman–Crippen MR) is 149 cm³/mol. The highest BCUT2D eigenvalue weighted by Crippen LogP contribution is 2.22. The average Bonchev–Trinajstić information content (AvgIpc) is 2.87. The average molecular weight is 543 g/mol. The second-order valence-electron chi connectivity index (χ2n) is 11.7. The summed E-state index contributed by atoms with van der Waals surface area (Å²) in [4.78, 5) is 26.1.